The van der Waals surface area contributed by atoms with Crippen LogP contribution in [0.25, 0.3) is 22.0 Å². The Bertz CT molecular complexity index is 807. The van der Waals surface area contributed by atoms with Crippen molar-refractivity contribution in [3.05, 3.63) is 52.6 Å². The van der Waals surface area contributed by atoms with Crippen molar-refractivity contribution in [2.45, 2.75) is 0 Å². The molecule has 3 aromatic rings. The number of rotatable bonds is 1. The molecule has 0 aliphatic heterocycles. The van der Waals surface area contributed by atoms with Gasteiger partial charge in [0.25, 0.3) is 0 Å². The fourth-order valence-corrected chi connectivity index (χ4v) is 2.93. The van der Waals surface area contributed by atoms with E-state index in [9.17, 15) is 0 Å². The number of benzene rings is 2. The van der Waals surface area contributed by atoms with Crippen LogP contribution in [0.3, 0.4) is 0 Å². The summed E-state index contributed by atoms with van der Waals surface area (Å²) in [6.07, 6.45) is 0. The Labute approximate surface area is 119 Å². The molecule has 0 aliphatic carbocycles. The third-order valence-electron chi connectivity index (χ3n) is 3.14. The molecule has 19 heavy (non-hydrogen) atoms. The molecule has 2 aromatic carbocycles. The van der Waals surface area contributed by atoms with E-state index in [4.69, 9.17) is 5.26 Å². The molecule has 1 aromatic heterocycles. The normalized spacial score (nSPS) is 10.6. The van der Waals surface area contributed by atoms with Gasteiger partial charge in [0.2, 0.25) is 0 Å². The average Bonchev–Trinajstić information content (AvgIpc) is 2.73. The summed E-state index contributed by atoms with van der Waals surface area (Å²) in [6.45, 7) is 0. The van der Waals surface area contributed by atoms with Gasteiger partial charge in [0.15, 0.2) is 5.69 Å². The summed E-state index contributed by atoms with van der Waals surface area (Å²) in [6, 6.07) is 16.4. The summed E-state index contributed by atoms with van der Waals surface area (Å²) >= 11 is 3.48. The van der Waals surface area contributed by atoms with Crippen molar-refractivity contribution in [2.24, 2.45) is 7.05 Å². The SMILES string of the molecule is Cn1nc(C#N)c(Br)c1-c1cccc2ccccc12. The van der Waals surface area contributed by atoms with E-state index in [1.54, 1.807) is 4.68 Å². The molecule has 0 N–H and O–H groups in total. The molecule has 0 saturated heterocycles. The Kier molecular flexibility index (Phi) is 2.84. The van der Waals surface area contributed by atoms with E-state index in [1.807, 2.05) is 31.3 Å². The van der Waals surface area contributed by atoms with E-state index < -0.39 is 0 Å². The van der Waals surface area contributed by atoms with Crippen molar-refractivity contribution in [1.82, 2.24) is 9.78 Å². The van der Waals surface area contributed by atoms with Crippen molar-refractivity contribution in [1.29, 1.82) is 5.26 Å². The molecule has 0 bridgehead atoms. The van der Waals surface area contributed by atoms with E-state index in [-0.39, 0.29) is 0 Å². The van der Waals surface area contributed by atoms with Crippen molar-refractivity contribution in [2.75, 3.05) is 0 Å². The molecule has 3 nitrogen and oxygen atoms in total. The molecular weight excluding hydrogens is 302 g/mol. The molecule has 0 saturated carbocycles. The van der Waals surface area contributed by atoms with Crippen molar-refractivity contribution in [3.8, 4) is 17.3 Å². The molecule has 0 radical (unpaired) electrons. The largest absolute Gasteiger partial charge is 0.265 e. The lowest BCUT2D eigenvalue weighted by molar-refractivity contribution is 0.771. The van der Waals surface area contributed by atoms with Gasteiger partial charge in [-0.25, -0.2) is 0 Å². The quantitative estimate of drug-likeness (QED) is 0.684. The maximum absolute atomic E-state index is 9.06. The van der Waals surface area contributed by atoms with Crippen molar-refractivity contribution < 1.29 is 0 Å². The van der Waals surface area contributed by atoms with Crippen LogP contribution >= 0.6 is 15.9 Å². The molecule has 0 amide bonds. The van der Waals surface area contributed by atoms with Gasteiger partial charge in [0.1, 0.15) is 6.07 Å². The third kappa shape index (κ3) is 1.83. The van der Waals surface area contributed by atoms with E-state index >= 15 is 0 Å². The van der Waals surface area contributed by atoms with E-state index in [2.05, 4.69) is 45.3 Å². The number of nitriles is 1. The minimum atomic E-state index is 0.408. The second-order valence-corrected chi connectivity index (χ2v) is 5.07. The van der Waals surface area contributed by atoms with Crippen molar-refractivity contribution in [3.63, 3.8) is 0 Å². The highest BCUT2D eigenvalue weighted by Crippen LogP contribution is 2.34. The lowest BCUT2D eigenvalue weighted by Crippen LogP contribution is -1.94. The van der Waals surface area contributed by atoms with Gasteiger partial charge in [-0.2, -0.15) is 10.4 Å². The lowest BCUT2D eigenvalue weighted by atomic mass is 10.0. The van der Waals surface area contributed by atoms with Crippen LogP contribution in [0.15, 0.2) is 46.9 Å². The van der Waals surface area contributed by atoms with Crippen LogP contribution in [0.5, 0.6) is 0 Å². The molecule has 4 heteroatoms. The van der Waals surface area contributed by atoms with Crippen LogP contribution in [0.2, 0.25) is 0 Å². The summed E-state index contributed by atoms with van der Waals surface area (Å²) in [7, 11) is 1.85. The van der Waals surface area contributed by atoms with Crippen LogP contribution in [-0.2, 0) is 7.05 Å². The molecule has 0 aliphatic rings. The lowest BCUT2D eigenvalue weighted by Gasteiger charge is -2.07. The highest BCUT2D eigenvalue weighted by molar-refractivity contribution is 9.10. The molecule has 0 fully saturated rings. The highest BCUT2D eigenvalue weighted by Gasteiger charge is 2.16. The number of fused-ring (bicyclic) bond motifs is 1. The summed E-state index contributed by atoms with van der Waals surface area (Å²) < 4.78 is 2.48. The molecule has 0 atom stereocenters. The molecular formula is C15H10BrN3. The predicted octanol–water partition coefficient (Wildman–Crippen LogP) is 3.87. The maximum atomic E-state index is 9.06. The zero-order chi connectivity index (χ0) is 13.4. The Morgan fingerprint density at radius 2 is 1.89 bits per heavy atom. The number of aromatic nitrogens is 2. The van der Waals surface area contributed by atoms with Crippen LogP contribution in [-0.4, -0.2) is 9.78 Å². The van der Waals surface area contributed by atoms with E-state index in [1.165, 1.54) is 5.39 Å². The first-order valence-electron chi connectivity index (χ1n) is 5.83. The monoisotopic (exact) mass is 311 g/mol. The van der Waals surface area contributed by atoms with Gasteiger partial charge in [-0.3, -0.25) is 4.68 Å². The number of hydrogen-bond donors (Lipinski definition) is 0. The average molecular weight is 312 g/mol. The standard InChI is InChI=1S/C15H10BrN3/c1-19-15(14(16)13(9-17)18-19)12-8-4-6-10-5-2-3-7-11(10)12/h2-8H,1H3. The second kappa shape index (κ2) is 4.52. The van der Waals surface area contributed by atoms with Crippen LogP contribution in [0.4, 0.5) is 0 Å². The van der Waals surface area contributed by atoms with Crippen LogP contribution in [0, 0.1) is 11.3 Å². The highest BCUT2D eigenvalue weighted by atomic mass is 79.9. The minimum absolute atomic E-state index is 0.408. The first-order chi connectivity index (χ1) is 9.22. The summed E-state index contributed by atoms with van der Waals surface area (Å²) in [5.41, 5.74) is 2.40. The molecule has 0 spiro atoms. The van der Waals surface area contributed by atoms with Crippen LogP contribution < -0.4 is 0 Å². The number of hydrogen-bond acceptors (Lipinski definition) is 2. The van der Waals surface area contributed by atoms with Gasteiger partial charge < -0.3 is 0 Å². The maximum Gasteiger partial charge on any atom is 0.177 e. The molecule has 92 valence electrons. The van der Waals surface area contributed by atoms with Gasteiger partial charge >= 0.3 is 0 Å². The zero-order valence-electron chi connectivity index (χ0n) is 10.3. The van der Waals surface area contributed by atoms with Gasteiger partial charge in [0, 0.05) is 12.6 Å². The Morgan fingerprint density at radius 3 is 2.63 bits per heavy atom. The zero-order valence-corrected chi connectivity index (χ0v) is 11.8. The number of halogens is 1. The fourth-order valence-electron chi connectivity index (χ4n) is 2.29. The molecule has 0 unspecified atom stereocenters. The topological polar surface area (TPSA) is 41.6 Å². The molecule has 3 rings (SSSR count). The number of nitrogens with zero attached hydrogens (tertiary/aromatic N) is 3. The van der Waals surface area contributed by atoms with Gasteiger partial charge in [-0.15, -0.1) is 0 Å². The van der Waals surface area contributed by atoms with E-state index in [0.29, 0.717) is 5.69 Å². The summed E-state index contributed by atoms with van der Waals surface area (Å²) in [4.78, 5) is 0. The van der Waals surface area contributed by atoms with Gasteiger partial charge in [0.05, 0.1) is 10.2 Å². The molecule has 1 heterocycles. The summed E-state index contributed by atoms with van der Waals surface area (Å²) in [5, 5.41) is 15.6. The number of aryl methyl sites for hydroxylation is 1. The Hall–Kier alpha value is -2.12. The minimum Gasteiger partial charge on any atom is -0.265 e. The summed E-state index contributed by atoms with van der Waals surface area (Å²) in [5.74, 6) is 0. The van der Waals surface area contributed by atoms with E-state index in [0.717, 1.165) is 21.1 Å². The van der Waals surface area contributed by atoms with Crippen molar-refractivity contribution >= 4 is 26.7 Å². The predicted molar refractivity (Wildman–Crippen MR) is 78.6 cm³/mol. The Morgan fingerprint density at radius 1 is 1.16 bits per heavy atom. The van der Waals surface area contributed by atoms with Gasteiger partial charge in [-0.05, 0) is 26.7 Å². The first kappa shape index (κ1) is 11.9. The van der Waals surface area contributed by atoms with Crippen LogP contribution in [0.1, 0.15) is 5.69 Å². The van der Waals surface area contributed by atoms with Gasteiger partial charge in [-0.1, -0.05) is 42.5 Å². The smallest absolute Gasteiger partial charge is 0.177 e. The third-order valence-corrected chi connectivity index (χ3v) is 3.89. The Balaban J connectivity index is 2.38. The first-order valence-corrected chi connectivity index (χ1v) is 6.62. The second-order valence-electron chi connectivity index (χ2n) is 4.27. The fraction of sp³-hybridized carbons (Fsp3) is 0.0667.